The molecule has 0 radical (unpaired) electrons. The molecule has 0 saturated carbocycles. The van der Waals surface area contributed by atoms with Crippen LogP contribution in [-0.2, 0) is 13.0 Å². The number of methoxy groups -OCH3 is 1. The molecule has 104 valence electrons. The Morgan fingerprint density at radius 1 is 1.40 bits per heavy atom. The summed E-state index contributed by atoms with van der Waals surface area (Å²) in [5.41, 5.74) is 8.19. The normalized spacial score (nSPS) is 13.9. The van der Waals surface area contributed by atoms with E-state index in [2.05, 4.69) is 11.4 Å². The fourth-order valence-corrected chi connectivity index (χ4v) is 3.36. The minimum absolute atomic E-state index is 0.00690. The van der Waals surface area contributed by atoms with E-state index in [1.54, 1.807) is 36.6 Å². The number of rotatable bonds is 2. The molecule has 4 nitrogen and oxygen atoms in total. The number of amides is 1. The minimum atomic E-state index is 0.00690. The smallest absolute Gasteiger partial charge is 0.254 e. The van der Waals surface area contributed by atoms with Crippen LogP contribution >= 0.6 is 11.3 Å². The van der Waals surface area contributed by atoms with Crippen molar-refractivity contribution in [3.05, 3.63) is 45.6 Å². The summed E-state index contributed by atoms with van der Waals surface area (Å²) >= 11 is 1.77. The van der Waals surface area contributed by atoms with E-state index in [0.29, 0.717) is 23.5 Å². The molecule has 1 aromatic heterocycles. The number of anilines is 1. The van der Waals surface area contributed by atoms with E-state index < -0.39 is 0 Å². The van der Waals surface area contributed by atoms with Crippen LogP contribution < -0.4 is 10.5 Å². The second-order valence-electron chi connectivity index (χ2n) is 4.84. The van der Waals surface area contributed by atoms with Gasteiger partial charge in [0.1, 0.15) is 5.75 Å². The van der Waals surface area contributed by atoms with Gasteiger partial charge in [0.15, 0.2) is 0 Å². The number of benzene rings is 1. The number of carbonyl (C=O) groups is 1. The quantitative estimate of drug-likeness (QED) is 0.864. The van der Waals surface area contributed by atoms with Gasteiger partial charge in [-0.1, -0.05) is 0 Å². The predicted octanol–water partition coefficient (Wildman–Crippen LogP) is 2.54. The maximum Gasteiger partial charge on any atom is 0.254 e. The lowest BCUT2D eigenvalue weighted by atomic mass is 10.1. The average Bonchev–Trinajstić information content (AvgIpc) is 2.93. The Labute approximate surface area is 121 Å². The highest BCUT2D eigenvalue weighted by molar-refractivity contribution is 7.10. The standard InChI is InChI=1S/C15H16N2O2S/c1-19-13-7-11(6-12(16)8-13)15(18)17-4-2-14-10(9-17)3-5-20-14/h3,5-8H,2,4,9,16H2,1H3. The Balaban J connectivity index is 1.85. The number of ether oxygens (including phenoxy) is 1. The van der Waals surface area contributed by atoms with Crippen molar-refractivity contribution in [2.75, 3.05) is 19.4 Å². The number of thiophene rings is 1. The van der Waals surface area contributed by atoms with Crippen molar-refractivity contribution in [1.82, 2.24) is 4.90 Å². The first kappa shape index (κ1) is 13.0. The van der Waals surface area contributed by atoms with Crippen molar-refractivity contribution in [2.24, 2.45) is 0 Å². The number of hydrogen-bond donors (Lipinski definition) is 1. The Morgan fingerprint density at radius 3 is 3.05 bits per heavy atom. The lowest BCUT2D eigenvalue weighted by Gasteiger charge is -2.27. The highest BCUT2D eigenvalue weighted by atomic mass is 32.1. The van der Waals surface area contributed by atoms with E-state index in [-0.39, 0.29) is 5.91 Å². The van der Waals surface area contributed by atoms with Gasteiger partial charge in [0.2, 0.25) is 0 Å². The Morgan fingerprint density at radius 2 is 2.25 bits per heavy atom. The first-order valence-electron chi connectivity index (χ1n) is 6.46. The number of nitrogens with zero attached hydrogens (tertiary/aromatic N) is 1. The van der Waals surface area contributed by atoms with E-state index in [9.17, 15) is 4.79 Å². The molecule has 1 aliphatic rings. The van der Waals surface area contributed by atoms with Crippen molar-refractivity contribution >= 4 is 22.9 Å². The number of fused-ring (bicyclic) bond motifs is 1. The molecule has 3 rings (SSSR count). The molecule has 0 spiro atoms. The molecular weight excluding hydrogens is 272 g/mol. The van der Waals surface area contributed by atoms with Gasteiger partial charge in [-0.25, -0.2) is 0 Å². The van der Waals surface area contributed by atoms with Gasteiger partial charge >= 0.3 is 0 Å². The van der Waals surface area contributed by atoms with Crippen molar-refractivity contribution in [2.45, 2.75) is 13.0 Å². The second-order valence-corrected chi connectivity index (χ2v) is 5.84. The van der Waals surface area contributed by atoms with Crippen molar-refractivity contribution in [1.29, 1.82) is 0 Å². The molecule has 0 bridgehead atoms. The van der Waals surface area contributed by atoms with Gasteiger partial charge in [0.05, 0.1) is 7.11 Å². The highest BCUT2D eigenvalue weighted by Crippen LogP contribution is 2.26. The van der Waals surface area contributed by atoms with Crippen LogP contribution in [-0.4, -0.2) is 24.5 Å². The van der Waals surface area contributed by atoms with Crippen LogP contribution in [0.15, 0.2) is 29.6 Å². The number of hydrogen-bond acceptors (Lipinski definition) is 4. The molecule has 0 atom stereocenters. The molecular formula is C15H16N2O2S. The minimum Gasteiger partial charge on any atom is -0.497 e. The largest absolute Gasteiger partial charge is 0.497 e. The van der Waals surface area contributed by atoms with Gasteiger partial charge in [-0.05, 0) is 35.6 Å². The Bertz CT molecular complexity index is 651. The van der Waals surface area contributed by atoms with Crippen LogP contribution in [0, 0.1) is 0 Å². The molecule has 2 aromatic rings. The second kappa shape index (κ2) is 5.17. The monoisotopic (exact) mass is 288 g/mol. The van der Waals surface area contributed by atoms with Gasteiger partial charge in [-0.3, -0.25) is 4.79 Å². The lowest BCUT2D eigenvalue weighted by Crippen LogP contribution is -2.35. The molecule has 0 saturated heterocycles. The van der Waals surface area contributed by atoms with Crippen LogP contribution in [0.5, 0.6) is 5.75 Å². The van der Waals surface area contributed by atoms with Crippen LogP contribution in [0.3, 0.4) is 0 Å². The van der Waals surface area contributed by atoms with Gasteiger partial charge < -0.3 is 15.4 Å². The molecule has 1 amide bonds. The zero-order valence-electron chi connectivity index (χ0n) is 11.3. The van der Waals surface area contributed by atoms with Gasteiger partial charge in [-0.2, -0.15) is 0 Å². The average molecular weight is 288 g/mol. The van der Waals surface area contributed by atoms with E-state index in [4.69, 9.17) is 10.5 Å². The van der Waals surface area contributed by atoms with Crippen LogP contribution in [0.2, 0.25) is 0 Å². The third kappa shape index (κ3) is 2.36. The molecule has 2 heterocycles. The molecule has 5 heteroatoms. The molecule has 1 aromatic carbocycles. The summed E-state index contributed by atoms with van der Waals surface area (Å²) in [6, 6.07) is 7.25. The molecule has 0 unspecified atom stereocenters. The first-order valence-corrected chi connectivity index (χ1v) is 7.34. The fourth-order valence-electron chi connectivity index (χ4n) is 2.47. The summed E-state index contributed by atoms with van der Waals surface area (Å²) in [6.07, 6.45) is 0.929. The summed E-state index contributed by atoms with van der Waals surface area (Å²) in [5, 5.41) is 2.09. The summed E-state index contributed by atoms with van der Waals surface area (Å²) < 4.78 is 5.17. The maximum atomic E-state index is 12.6. The summed E-state index contributed by atoms with van der Waals surface area (Å²) in [7, 11) is 1.57. The van der Waals surface area contributed by atoms with E-state index in [1.807, 2.05) is 4.90 Å². The SMILES string of the molecule is COc1cc(N)cc(C(=O)N2CCc3sccc3C2)c1. The van der Waals surface area contributed by atoms with Gasteiger partial charge in [-0.15, -0.1) is 11.3 Å². The van der Waals surface area contributed by atoms with Crippen LogP contribution in [0.25, 0.3) is 0 Å². The van der Waals surface area contributed by atoms with E-state index in [1.165, 1.54) is 10.4 Å². The predicted molar refractivity (Wildman–Crippen MR) is 80.2 cm³/mol. The lowest BCUT2D eigenvalue weighted by molar-refractivity contribution is 0.0735. The molecule has 0 aliphatic carbocycles. The summed E-state index contributed by atoms with van der Waals surface area (Å²) in [5.74, 6) is 0.619. The van der Waals surface area contributed by atoms with Crippen LogP contribution in [0.4, 0.5) is 5.69 Å². The molecule has 20 heavy (non-hydrogen) atoms. The molecule has 1 aliphatic heterocycles. The summed E-state index contributed by atoms with van der Waals surface area (Å²) in [4.78, 5) is 15.8. The van der Waals surface area contributed by atoms with E-state index >= 15 is 0 Å². The Kier molecular flexibility index (Phi) is 3.36. The van der Waals surface area contributed by atoms with Crippen molar-refractivity contribution in [3.8, 4) is 5.75 Å². The molecule has 2 N–H and O–H groups in total. The van der Waals surface area contributed by atoms with Crippen molar-refractivity contribution in [3.63, 3.8) is 0 Å². The van der Waals surface area contributed by atoms with Gasteiger partial charge in [0, 0.05) is 35.3 Å². The third-order valence-corrected chi connectivity index (χ3v) is 4.53. The fraction of sp³-hybridized carbons (Fsp3) is 0.267. The van der Waals surface area contributed by atoms with Gasteiger partial charge in [0.25, 0.3) is 5.91 Å². The zero-order valence-corrected chi connectivity index (χ0v) is 12.1. The zero-order chi connectivity index (χ0) is 14.1. The highest BCUT2D eigenvalue weighted by Gasteiger charge is 2.23. The Hall–Kier alpha value is -2.01. The first-order chi connectivity index (χ1) is 9.67. The third-order valence-electron chi connectivity index (χ3n) is 3.51. The number of nitrogen functional groups attached to an aromatic ring is 1. The van der Waals surface area contributed by atoms with Crippen LogP contribution in [0.1, 0.15) is 20.8 Å². The maximum absolute atomic E-state index is 12.6. The number of nitrogens with two attached hydrogens (primary N) is 1. The van der Waals surface area contributed by atoms with Crippen molar-refractivity contribution < 1.29 is 9.53 Å². The number of carbonyl (C=O) groups excluding carboxylic acids is 1. The topological polar surface area (TPSA) is 55.6 Å². The summed E-state index contributed by atoms with van der Waals surface area (Å²) in [6.45, 7) is 1.43. The van der Waals surface area contributed by atoms with E-state index in [0.717, 1.165) is 13.0 Å². The molecule has 0 fully saturated rings.